The molecule has 1 N–H and O–H groups in total. The molecule has 4 heterocycles. The van der Waals surface area contributed by atoms with E-state index in [-0.39, 0.29) is 17.4 Å². The highest BCUT2D eigenvalue weighted by Gasteiger charge is 2.47. The van der Waals surface area contributed by atoms with Gasteiger partial charge in [-0.05, 0) is 42.5 Å². The van der Waals surface area contributed by atoms with Crippen LogP contribution < -0.4 is 9.47 Å². The minimum atomic E-state index is -0.682. The fourth-order valence-electron chi connectivity index (χ4n) is 4.16. The molecule has 1 aromatic carbocycles. The van der Waals surface area contributed by atoms with Gasteiger partial charge in [-0.2, -0.15) is 0 Å². The van der Waals surface area contributed by atoms with Crippen molar-refractivity contribution >= 4 is 28.8 Å². The number of hydrogen-bond acceptors (Lipinski definition) is 7. The number of hydrogen-bond donors (Lipinski definition) is 1. The lowest BCUT2D eigenvalue weighted by Crippen LogP contribution is -2.36. The zero-order chi connectivity index (χ0) is 20.7. The zero-order valence-electron chi connectivity index (χ0n) is 16.2. The molecule has 0 aliphatic carbocycles. The minimum Gasteiger partial charge on any atom is -0.507 e. The summed E-state index contributed by atoms with van der Waals surface area (Å²) in [4.78, 5) is 28.3. The number of benzene rings is 1. The van der Waals surface area contributed by atoms with Crippen molar-refractivity contribution in [3.63, 3.8) is 0 Å². The third kappa shape index (κ3) is 3.26. The normalized spacial score (nSPS) is 25.1. The molecule has 1 amide bonds. The Morgan fingerprint density at radius 2 is 1.97 bits per heavy atom. The number of rotatable bonds is 4. The van der Waals surface area contributed by atoms with Crippen molar-refractivity contribution in [1.82, 2.24) is 4.90 Å². The van der Waals surface area contributed by atoms with Crippen LogP contribution in [0.3, 0.4) is 0 Å². The van der Waals surface area contributed by atoms with Gasteiger partial charge in [-0.1, -0.05) is 6.07 Å². The van der Waals surface area contributed by atoms with E-state index in [0.29, 0.717) is 43.4 Å². The molecule has 0 saturated carbocycles. The van der Waals surface area contributed by atoms with Crippen molar-refractivity contribution in [2.75, 3.05) is 26.4 Å². The molecule has 2 unspecified atom stereocenters. The molecule has 0 bridgehead atoms. The van der Waals surface area contributed by atoms with Gasteiger partial charge in [-0.15, -0.1) is 11.3 Å². The van der Waals surface area contributed by atoms with Crippen LogP contribution in [-0.4, -0.2) is 54.2 Å². The number of thiophene rings is 1. The SMILES string of the molecule is O=C1C(=O)N(CC2CCCO2)C(c2cccs2)/C1=C(/O)c1ccc2c(c1)OCCO2. The summed E-state index contributed by atoms with van der Waals surface area (Å²) >= 11 is 1.45. The number of nitrogens with zero attached hydrogens (tertiary/aromatic N) is 1. The number of carbonyl (C=O) groups is 2. The maximum absolute atomic E-state index is 13.0. The highest BCUT2D eigenvalue weighted by atomic mass is 32.1. The van der Waals surface area contributed by atoms with E-state index in [4.69, 9.17) is 14.2 Å². The number of amides is 1. The smallest absolute Gasteiger partial charge is 0.295 e. The van der Waals surface area contributed by atoms with Crippen LogP contribution in [0, 0.1) is 0 Å². The van der Waals surface area contributed by atoms with E-state index < -0.39 is 17.7 Å². The third-order valence-corrected chi connectivity index (χ3v) is 6.52. The van der Waals surface area contributed by atoms with Gasteiger partial charge in [0.2, 0.25) is 0 Å². The first-order chi connectivity index (χ1) is 14.6. The van der Waals surface area contributed by atoms with Crippen LogP contribution in [0.1, 0.15) is 29.3 Å². The molecule has 3 aliphatic rings. The zero-order valence-corrected chi connectivity index (χ0v) is 17.0. The van der Waals surface area contributed by atoms with Crippen LogP contribution in [0.25, 0.3) is 5.76 Å². The first-order valence-electron chi connectivity index (χ1n) is 9.97. The number of likely N-dealkylation sites (tertiary alicyclic amines) is 1. The first kappa shape index (κ1) is 19.1. The Balaban J connectivity index is 1.57. The average Bonchev–Trinajstić information content (AvgIpc) is 3.52. The summed E-state index contributed by atoms with van der Waals surface area (Å²) in [6.45, 7) is 1.86. The second-order valence-corrected chi connectivity index (χ2v) is 8.44. The molecule has 8 heteroatoms. The summed E-state index contributed by atoms with van der Waals surface area (Å²) < 4.78 is 16.8. The molecule has 2 fully saturated rings. The summed E-state index contributed by atoms with van der Waals surface area (Å²) in [6.07, 6.45) is 1.69. The fraction of sp³-hybridized carbons (Fsp3) is 0.364. The Hall–Kier alpha value is -2.84. The van der Waals surface area contributed by atoms with E-state index in [1.54, 1.807) is 18.2 Å². The molecular weight excluding hydrogens is 406 g/mol. The van der Waals surface area contributed by atoms with E-state index in [9.17, 15) is 14.7 Å². The monoisotopic (exact) mass is 427 g/mol. The predicted molar refractivity (Wildman–Crippen MR) is 110 cm³/mol. The van der Waals surface area contributed by atoms with Gasteiger partial charge in [0.15, 0.2) is 11.5 Å². The number of carbonyl (C=O) groups excluding carboxylic acids is 2. The Morgan fingerprint density at radius 1 is 1.13 bits per heavy atom. The molecule has 1 aromatic heterocycles. The second-order valence-electron chi connectivity index (χ2n) is 7.46. The standard InChI is InChI=1S/C22H21NO6S/c24-20(13-5-6-15-16(11-13)29-9-8-28-15)18-19(17-4-2-10-30-17)23(22(26)21(18)25)12-14-3-1-7-27-14/h2,4-6,10-11,14,19,24H,1,3,7-9,12H2/b20-18-. The van der Waals surface area contributed by atoms with E-state index in [1.807, 2.05) is 17.5 Å². The van der Waals surface area contributed by atoms with Gasteiger partial charge >= 0.3 is 0 Å². The van der Waals surface area contributed by atoms with Crippen LogP contribution >= 0.6 is 11.3 Å². The predicted octanol–water partition coefficient (Wildman–Crippen LogP) is 3.12. The number of ether oxygens (including phenoxy) is 3. The van der Waals surface area contributed by atoms with E-state index in [0.717, 1.165) is 17.7 Å². The highest BCUT2D eigenvalue weighted by Crippen LogP contribution is 2.42. The number of fused-ring (bicyclic) bond motifs is 1. The molecule has 0 radical (unpaired) electrons. The summed E-state index contributed by atoms with van der Waals surface area (Å²) in [5.74, 6) is -0.404. The van der Waals surface area contributed by atoms with Crippen LogP contribution in [-0.2, 0) is 14.3 Å². The summed E-state index contributed by atoms with van der Waals surface area (Å²) in [7, 11) is 0. The van der Waals surface area contributed by atoms with Gasteiger partial charge in [0, 0.05) is 23.6 Å². The van der Waals surface area contributed by atoms with Crippen molar-refractivity contribution < 1.29 is 28.9 Å². The largest absolute Gasteiger partial charge is 0.507 e. The molecule has 2 saturated heterocycles. The highest BCUT2D eigenvalue weighted by molar-refractivity contribution is 7.10. The van der Waals surface area contributed by atoms with Gasteiger partial charge in [0.1, 0.15) is 19.0 Å². The summed E-state index contributed by atoms with van der Waals surface area (Å²) in [5, 5.41) is 13.0. The Labute approximate surface area is 177 Å². The van der Waals surface area contributed by atoms with Crippen LogP contribution in [0.2, 0.25) is 0 Å². The molecular formula is C22H21NO6S. The molecule has 5 rings (SSSR count). The molecule has 30 heavy (non-hydrogen) atoms. The van der Waals surface area contributed by atoms with Crippen molar-refractivity contribution in [3.8, 4) is 11.5 Å². The summed E-state index contributed by atoms with van der Waals surface area (Å²) in [6, 6.07) is 8.12. The van der Waals surface area contributed by atoms with Gasteiger partial charge in [0.25, 0.3) is 11.7 Å². The van der Waals surface area contributed by atoms with Crippen molar-refractivity contribution in [2.45, 2.75) is 25.0 Å². The first-order valence-corrected chi connectivity index (χ1v) is 10.8. The van der Waals surface area contributed by atoms with Crippen molar-refractivity contribution in [2.24, 2.45) is 0 Å². The van der Waals surface area contributed by atoms with Gasteiger partial charge in [-0.25, -0.2) is 0 Å². The number of ketones is 1. The number of aliphatic hydroxyl groups is 1. The number of Topliss-reactive ketones (excluding diaryl/α,β-unsaturated/α-hetero) is 1. The van der Waals surface area contributed by atoms with Gasteiger partial charge in [-0.3, -0.25) is 9.59 Å². The molecule has 3 aliphatic heterocycles. The van der Waals surface area contributed by atoms with E-state index >= 15 is 0 Å². The minimum absolute atomic E-state index is 0.0946. The van der Waals surface area contributed by atoms with Gasteiger partial charge < -0.3 is 24.2 Å². The topological polar surface area (TPSA) is 85.3 Å². The lowest BCUT2D eigenvalue weighted by molar-refractivity contribution is -0.140. The molecule has 0 spiro atoms. The maximum atomic E-state index is 13.0. The third-order valence-electron chi connectivity index (χ3n) is 5.59. The Bertz CT molecular complexity index is 1010. The fourth-order valence-corrected chi connectivity index (χ4v) is 5.01. The molecule has 2 aromatic rings. The quantitative estimate of drug-likeness (QED) is 0.459. The summed E-state index contributed by atoms with van der Waals surface area (Å²) in [5.41, 5.74) is 0.507. The Kier molecular flexibility index (Phi) is 4.96. The second kappa shape index (κ2) is 7.77. The lowest BCUT2D eigenvalue weighted by atomic mass is 9.99. The average molecular weight is 427 g/mol. The lowest BCUT2D eigenvalue weighted by Gasteiger charge is -2.26. The Morgan fingerprint density at radius 3 is 2.70 bits per heavy atom. The molecule has 2 atom stereocenters. The van der Waals surface area contributed by atoms with E-state index in [2.05, 4.69) is 0 Å². The number of aliphatic hydroxyl groups excluding tert-OH is 1. The van der Waals surface area contributed by atoms with Crippen molar-refractivity contribution in [1.29, 1.82) is 0 Å². The van der Waals surface area contributed by atoms with Gasteiger partial charge in [0.05, 0.1) is 17.7 Å². The van der Waals surface area contributed by atoms with Crippen LogP contribution in [0.5, 0.6) is 11.5 Å². The van der Waals surface area contributed by atoms with Crippen LogP contribution in [0.15, 0.2) is 41.3 Å². The van der Waals surface area contributed by atoms with Crippen LogP contribution in [0.4, 0.5) is 0 Å². The van der Waals surface area contributed by atoms with Crippen molar-refractivity contribution in [3.05, 3.63) is 51.7 Å². The maximum Gasteiger partial charge on any atom is 0.295 e. The molecule has 156 valence electrons. The molecule has 7 nitrogen and oxygen atoms in total. The van der Waals surface area contributed by atoms with E-state index in [1.165, 1.54) is 16.2 Å².